The van der Waals surface area contributed by atoms with Crippen LogP contribution in [0.15, 0.2) is 29.1 Å². The number of hydrogen-bond acceptors (Lipinski definition) is 2. The van der Waals surface area contributed by atoms with Gasteiger partial charge in [-0.15, -0.1) is 0 Å². The lowest BCUT2D eigenvalue weighted by Crippen LogP contribution is -2.22. The summed E-state index contributed by atoms with van der Waals surface area (Å²) in [5.41, 5.74) is 0.972. The minimum Gasteiger partial charge on any atom is -0.291 e. The lowest BCUT2D eigenvalue weighted by Gasteiger charge is -2.08. The largest absolute Gasteiger partial charge is 0.339 e. The van der Waals surface area contributed by atoms with Crippen molar-refractivity contribution in [2.24, 2.45) is 0 Å². The van der Waals surface area contributed by atoms with Crippen molar-refractivity contribution in [2.45, 2.75) is 17.4 Å². The van der Waals surface area contributed by atoms with Crippen molar-refractivity contribution in [1.29, 1.82) is 0 Å². The van der Waals surface area contributed by atoms with Gasteiger partial charge in [-0.3, -0.25) is 4.57 Å². The predicted molar refractivity (Wildman–Crippen MR) is 70.4 cm³/mol. The first-order valence-corrected chi connectivity index (χ1v) is 6.43. The molecule has 0 aliphatic carbocycles. The molecule has 0 radical (unpaired) electrons. The van der Waals surface area contributed by atoms with Crippen molar-refractivity contribution >= 4 is 46.2 Å². The number of hydrogen-bond donors (Lipinski definition) is 0. The molecule has 0 atom stereocenters. The summed E-state index contributed by atoms with van der Waals surface area (Å²) in [5.74, 6) is 0. The lowest BCUT2D eigenvalue weighted by molar-refractivity contribution is 0.514. The van der Waals surface area contributed by atoms with E-state index in [4.69, 9.17) is 23.2 Å². The Morgan fingerprint density at radius 2 is 1.94 bits per heavy atom. The fraction of sp³-hybridized carbons (Fsp3) is 0.300. The number of aryl methyl sites for hydroxylation is 1. The Kier molecular flexibility index (Phi) is 3.43. The summed E-state index contributed by atoms with van der Waals surface area (Å²) in [5, 5.41) is 0. The molecule has 1 aromatic heterocycles. The standard InChI is InChI=1S/C10H9Cl2FN2OS/c1-2-14-7-5-3-4-6-8(7)15(9(14)16)17-10(11,12)13/h3-6H,2H2,1H3. The maximum atomic E-state index is 13.2. The van der Waals surface area contributed by atoms with Crippen molar-refractivity contribution in [3.63, 3.8) is 0 Å². The van der Waals surface area contributed by atoms with Crippen molar-refractivity contribution < 1.29 is 4.39 Å². The molecule has 0 saturated carbocycles. The number of halogens is 3. The summed E-state index contributed by atoms with van der Waals surface area (Å²) in [6.07, 6.45) is 0. The van der Waals surface area contributed by atoms with Crippen molar-refractivity contribution in [2.75, 3.05) is 0 Å². The monoisotopic (exact) mass is 294 g/mol. The molecule has 0 spiro atoms. The normalized spacial score (nSPS) is 12.2. The molecule has 0 unspecified atom stereocenters. The molecule has 0 bridgehead atoms. The SMILES string of the molecule is CCn1c(=O)n(SC(F)(Cl)Cl)c2ccccc21. The Morgan fingerprint density at radius 3 is 2.47 bits per heavy atom. The number of rotatable bonds is 3. The fourth-order valence-corrected chi connectivity index (χ4v) is 2.73. The van der Waals surface area contributed by atoms with Gasteiger partial charge in [0.05, 0.1) is 11.0 Å². The summed E-state index contributed by atoms with van der Waals surface area (Å²) in [4.78, 5) is 12.0. The fourth-order valence-electron chi connectivity index (χ4n) is 1.68. The van der Waals surface area contributed by atoms with Crippen LogP contribution >= 0.6 is 35.1 Å². The van der Waals surface area contributed by atoms with Gasteiger partial charge in [0.2, 0.25) is 0 Å². The molecule has 2 rings (SSSR count). The summed E-state index contributed by atoms with van der Waals surface area (Å²) >= 11 is 11.0. The number of aromatic nitrogens is 2. The van der Waals surface area contributed by atoms with Crippen LogP contribution in [0, 0.1) is 0 Å². The summed E-state index contributed by atoms with van der Waals surface area (Å²) in [7, 11) is 0. The predicted octanol–water partition coefficient (Wildman–Crippen LogP) is 3.38. The van der Waals surface area contributed by atoms with Crippen molar-refractivity contribution in [3.8, 4) is 0 Å². The minimum atomic E-state index is -2.54. The minimum absolute atomic E-state index is 0.345. The number of nitrogens with zero attached hydrogens (tertiary/aromatic N) is 2. The maximum Gasteiger partial charge on any atom is 0.339 e. The zero-order valence-electron chi connectivity index (χ0n) is 8.86. The molecule has 0 aliphatic heterocycles. The molecule has 3 nitrogen and oxygen atoms in total. The molecule has 1 aromatic carbocycles. The van der Waals surface area contributed by atoms with Gasteiger partial charge in [0.15, 0.2) is 0 Å². The van der Waals surface area contributed by atoms with Crippen LogP contribution in [0.5, 0.6) is 0 Å². The van der Waals surface area contributed by atoms with Crippen LogP contribution < -0.4 is 5.69 Å². The quantitative estimate of drug-likeness (QED) is 0.812. The highest BCUT2D eigenvalue weighted by Crippen LogP contribution is 2.37. The van der Waals surface area contributed by atoms with Gasteiger partial charge in [0.1, 0.15) is 0 Å². The third-order valence-electron chi connectivity index (χ3n) is 2.31. The zero-order chi connectivity index (χ0) is 12.6. The van der Waals surface area contributed by atoms with E-state index in [9.17, 15) is 9.18 Å². The van der Waals surface area contributed by atoms with E-state index < -0.39 is 3.92 Å². The number of alkyl halides is 3. The number of para-hydroxylation sites is 2. The number of benzene rings is 1. The zero-order valence-corrected chi connectivity index (χ0v) is 11.2. The van der Waals surface area contributed by atoms with Crippen molar-refractivity contribution in [1.82, 2.24) is 8.54 Å². The Balaban J connectivity index is 2.70. The smallest absolute Gasteiger partial charge is 0.291 e. The molecular formula is C10H9Cl2FN2OS. The molecule has 92 valence electrons. The molecule has 17 heavy (non-hydrogen) atoms. The van der Waals surface area contributed by atoms with Crippen LogP contribution in [0.1, 0.15) is 6.92 Å². The maximum absolute atomic E-state index is 13.2. The van der Waals surface area contributed by atoms with E-state index in [1.54, 1.807) is 18.2 Å². The van der Waals surface area contributed by atoms with E-state index in [2.05, 4.69) is 0 Å². The van der Waals surface area contributed by atoms with E-state index in [1.807, 2.05) is 13.0 Å². The van der Waals surface area contributed by atoms with E-state index in [0.717, 1.165) is 5.52 Å². The van der Waals surface area contributed by atoms with Crippen LogP contribution in [-0.2, 0) is 6.54 Å². The van der Waals surface area contributed by atoms with Gasteiger partial charge < -0.3 is 0 Å². The molecule has 0 N–H and O–H groups in total. The van der Waals surface area contributed by atoms with E-state index in [0.29, 0.717) is 24.0 Å². The van der Waals surface area contributed by atoms with E-state index >= 15 is 0 Å². The summed E-state index contributed by atoms with van der Waals surface area (Å²) in [6, 6.07) is 7.09. The molecule has 0 saturated heterocycles. The molecule has 0 amide bonds. The van der Waals surface area contributed by atoms with Crippen LogP contribution in [0.3, 0.4) is 0 Å². The van der Waals surface area contributed by atoms with Gasteiger partial charge in [-0.2, -0.15) is 4.39 Å². The van der Waals surface area contributed by atoms with Crippen LogP contribution in [0.25, 0.3) is 11.0 Å². The van der Waals surface area contributed by atoms with Crippen LogP contribution in [0.2, 0.25) is 0 Å². The average Bonchev–Trinajstić information content (AvgIpc) is 2.50. The van der Waals surface area contributed by atoms with Gasteiger partial charge >= 0.3 is 9.61 Å². The van der Waals surface area contributed by atoms with Crippen molar-refractivity contribution in [3.05, 3.63) is 34.7 Å². The molecular weight excluding hydrogens is 286 g/mol. The Labute approximate surface area is 111 Å². The number of imidazole rings is 1. The topological polar surface area (TPSA) is 26.9 Å². The van der Waals surface area contributed by atoms with Gasteiger partial charge in [-0.1, -0.05) is 35.3 Å². The highest BCUT2D eigenvalue weighted by atomic mass is 35.5. The molecule has 7 heteroatoms. The molecule has 0 fully saturated rings. The highest BCUT2D eigenvalue weighted by molar-refractivity contribution is 8.01. The van der Waals surface area contributed by atoms with Crippen LogP contribution in [-0.4, -0.2) is 12.5 Å². The third kappa shape index (κ3) is 2.46. The third-order valence-corrected chi connectivity index (χ3v) is 3.46. The Morgan fingerprint density at radius 1 is 1.35 bits per heavy atom. The van der Waals surface area contributed by atoms with Gasteiger partial charge in [0, 0.05) is 18.5 Å². The molecule has 0 aliphatic rings. The van der Waals surface area contributed by atoms with Gasteiger partial charge in [0.25, 0.3) is 0 Å². The number of fused-ring (bicyclic) bond motifs is 1. The van der Waals surface area contributed by atoms with E-state index in [-0.39, 0.29) is 5.69 Å². The first-order valence-electron chi connectivity index (χ1n) is 4.90. The Bertz CT molecular complexity index is 602. The first kappa shape index (κ1) is 12.8. The van der Waals surface area contributed by atoms with E-state index in [1.165, 1.54) is 8.54 Å². The highest BCUT2D eigenvalue weighted by Gasteiger charge is 2.27. The van der Waals surface area contributed by atoms with Gasteiger partial charge in [-0.25, -0.2) is 8.77 Å². The summed E-state index contributed by atoms with van der Waals surface area (Å²) in [6.45, 7) is 2.34. The van der Waals surface area contributed by atoms with Gasteiger partial charge in [-0.05, 0) is 19.1 Å². The van der Waals surface area contributed by atoms with Crippen LogP contribution in [0.4, 0.5) is 4.39 Å². The summed E-state index contributed by atoms with van der Waals surface area (Å²) < 4.78 is 13.4. The second kappa shape index (κ2) is 4.55. The molecule has 1 heterocycles. The average molecular weight is 295 g/mol. The Hall–Kier alpha value is -0.650. The lowest BCUT2D eigenvalue weighted by atomic mass is 10.3. The second-order valence-corrected chi connectivity index (χ2v) is 6.14. The first-order chi connectivity index (χ1) is 7.94. The second-order valence-electron chi connectivity index (χ2n) is 3.35. The molecule has 2 aromatic rings.